The second kappa shape index (κ2) is 25.0. The maximum Gasteiger partial charge on any atom is 0.177 e. The van der Waals surface area contributed by atoms with Crippen LogP contribution >= 0.6 is 68.8 Å². The van der Waals surface area contributed by atoms with Gasteiger partial charge in [-0.2, -0.15) is 17.5 Å². The van der Waals surface area contributed by atoms with E-state index in [2.05, 4.69) is 53.7 Å². The smallest absolute Gasteiger partial charge is 0.177 e. The monoisotopic (exact) mass is 1030 g/mol. The van der Waals surface area contributed by atoms with Crippen LogP contribution in [0, 0.1) is 11.8 Å². The molecule has 6 nitrogen and oxygen atoms in total. The van der Waals surface area contributed by atoms with Crippen LogP contribution in [-0.4, -0.2) is 30.9 Å². The molecule has 0 spiro atoms. The third kappa shape index (κ3) is 11.0. The molecule has 366 valence electrons. The van der Waals surface area contributed by atoms with Gasteiger partial charge in [0.1, 0.15) is 22.1 Å². The summed E-state index contributed by atoms with van der Waals surface area (Å²) in [5.74, 6) is 1.24. The number of carbonyl (C=O) groups is 1. The summed E-state index contributed by atoms with van der Waals surface area (Å²) < 4.78 is 29.6. The Morgan fingerprint density at radius 1 is 0.515 bits per heavy atom. The standard InChI is InChI=1S/C56H74N4O2S6/c1-8-14-18-20-22-24-28-39-44-48-51(60-67-57-48)47-46(54(44)65-52(39)41-32-37(43(34-61)63-41)30-35(12-5)26-16-10-3)50-49(58-68-59-50)45-40(29-25-23-21-19-15-9-2)53(66-55(45)47)42-33-38(56(62-7)64-42)31-36(13-6)27-17-11-4/h32-36H,8-31H2,1-7H3. The number of unbranched alkanes of at least 4 members (excludes halogenated alkanes) is 12. The lowest BCUT2D eigenvalue weighted by Crippen LogP contribution is -2.04. The summed E-state index contributed by atoms with van der Waals surface area (Å²) in [7, 11) is 1.85. The van der Waals surface area contributed by atoms with Crippen molar-refractivity contribution in [2.75, 3.05) is 7.11 Å². The average Bonchev–Trinajstić information content (AvgIpc) is 4.23. The van der Waals surface area contributed by atoms with Crippen molar-refractivity contribution in [3.63, 3.8) is 0 Å². The number of methoxy groups -OCH3 is 1. The molecule has 8 aromatic rings. The number of fused-ring (bicyclic) bond motifs is 11. The molecule has 0 saturated heterocycles. The first-order chi connectivity index (χ1) is 33.4. The summed E-state index contributed by atoms with van der Waals surface area (Å²) in [5.41, 5.74) is 9.40. The van der Waals surface area contributed by atoms with E-state index in [1.807, 2.05) is 41.1 Å². The Balaban J connectivity index is 1.35. The number of aryl methyl sites for hydroxylation is 2. The lowest BCUT2D eigenvalue weighted by Gasteiger charge is -2.14. The van der Waals surface area contributed by atoms with Crippen LogP contribution in [0.1, 0.15) is 202 Å². The van der Waals surface area contributed by atoms with Crippen LogP contribution in [0.2, 0.25) is 0 Å². The van der Waals surface area contributed by atoms with Crippen LogP contribution in [0.4, 0.5) is 0 Å². The van der Waals surface area contributed by atoms with Crippen molar-refractivity contribution in [1.82, 2.24) is 17.5 Å². The molecule has 0 aliphatic rings. The number of aromatic nitrogens is 4. The second-order valence-corrected chi connectivity index (χ2v) is 24.6. The molecule has 6 aromatic heterocycles. The van der Waals surface area contributed by atoms with E-state index in [1.54, 1.807) is 11.3 Å². The molecule has 0 N–H and O–H groups in total. The molecule has 0 radical (unpaired) electrons. The molecule has 0 aliphatic heterocycles. The van der Waals surface area contributed by atoms with Crippen molar-refractivity contribution < 1.29 is 9.53 Å². The molecule has 0 bridgehead atoms. The summed E-state index contributed by atoms with van der Waals surface area (Å²) in [5, 5.41) is 5.93. The van der Waals surface area contributed by atoms with Crippen LogP contribution < -0.4 is 4.74 Å². The number of ether oxygens (including phenoxy) is 1. The molecular formula is C56H74N4O2S6. The van der Waals surface area contributed by atoms with Crippen molar-refractivity contribution in [2.24, 2.45) is 11.8 Å². The van der Waals surface area contributed by atoms with E-state index in [1.165, 1.54) is 205 Å². The first-order valence-electron chi connectivity index (χ1n) is 26.4. The number of aldehydes is 1. The Morgan fingerprint density at radius 3 is 1.40 bits per heavy atom. The van der Waals surface area contributed by atoms with Gasteiger partial charge >= 0.3 is 0 Å². The van der Waals surface area contributed by atoms with E-state index in [9.17, 15) is 4.79 Å². The van der Waals surface area contributed by atoms with Gasteiger partial charge in [-0.05, 0) is 79.2 Å². The molecule has 2 aromatic carbocycles. The highest BCUT2D eigenvalue weighted by Gasteiger charge is 2.30. The van der Waals surface area contributed by atoms with Crippen LogP contribution in [0.25, 0.3) is 72.5 Å². The molecule has 6 heterocycles. The molecule has 12 heteroatoms. The Bertz CT molecular complexity index is 2890. The number of nitrogens with zero attached hydrogens (tertiary/aromatic N) is 4. The van der Waals surface area contributed by atoms with Crippen LogP contribution in [0.3, 0.4) is 0 Å². The number of benzene rings is 2. The molecular weight excluding hydrogens is 953 g/mol. The van der Waals surface area contributed by atoms with E-state index in [-0.39, 0.29) is 0 Å². The van der Waals surface area contributed by atoms with Crippen molar-refractivity contribution >= 4 is 128 Å². The Kier molecular flexibility index (Phi) is 18.9. The largest absolute Gasteiger partial charge is 0.487 e. The maximum absolute atomic E-state index is 12.8. The quantitative estimate of drug-likeness (QED) is 0.0330. The first kappa shape index (κ1) is 51.5. The van der Waals surface area contributed by atoms with Crippen LogP contribution in [0.15, 0.2) is 12.1 Å². The molecule has 0 amide bonds. The highest BCUT2D eigenvalue weighted by Crippen LogP contribution is 2.55. The highest BCUT2D eigenvalue weighted by molar-refractivity contribution is 7.29. The Morgan fingerprint density at radius 2 is 0.941 bits per heavy atom. The lowest BCUT2D eigenvalue weighted by molar-refractivity contribution is 0.112. The number of hydrogen-bond acceptors (Lipinski definition) is 12. The van der Waals surface area contributed by atoms with Gasteiger partial charge in [0, 0.05) is 56.0 Å². The van der Waals surface area contributed by atoms with E-state index < -0.39 is 0 Å². The molecule has 0 fully saturated rings. The summed E-state index contributed by atoms with van der Waals surface area (Å²) in [6.07, 6.45) is 29.8. The predicted molar refractivity (Wildman–Crippen MR) is 303 cm³/mol. The zero-order valence-electron chi connectivity index (χ0n) is 41.9. The van der Waals surface area contributed by atoms with Gasteiger partial charge in [-0.3, -0.25) is 4.79 Å². The normalized spacial score (nSPS) is 13.1. The molecule has 68 heavy (non-hydrogen) atoms. The van der Waals surface area contributed by atoms with E-state index in [0.29, 0.717) is 11.8 Å². The third-order valence-corrected chi connectivity index (χ3v) is 20.8. The molecule has 2 unspecified atom stereocenters. The minimum Gasteiger partial charge on any atom is -0.487 e. The van der Waals surface area contributed by atoms with Crippen molar-refractivity contribution in [2.45, 2.75) is 196 Å². The topological polar surface area (TPSA) is 77.9 Å². The SMILES string of the molecule is CCCCCCCCc1c(-c2cc(CC(CC)CCCC)c(C=O)s2)sc2c1c1nsnc1c1c3sc(-c4cc(CC(CC)CCCC)c(OC)s4)c(CCCCCCCC)c3c3nsnc3c21. The predicted octanol–water partition coefficient (Wildman–Crippen LogP) is 19.9. The first-order valence-corrected chi connectivity index (χ1v) is 31.1. The lowest BCUT2D eigenvalue weighted by atomic mass is 9.92. The summed E-state index contributed by atoms with van der Waals surface area (Å²) >= 11 is 10.1. The van der Waals surface area contributed by atoms with Gasteiger partial charge in [0.2, 0.25) is 0 Å². The van der Waals surface area contributed by atoms with Gasteiger partial charge < -0.3 is 4.74 Å². The zero-order valence-corrected chi connectivity index (χ0v) is 46.8. The average molecular weight is 1030 g/mol. The summed E-state index contributed by atoms with van der Waals surface area (Å²) in [6.45, 7) is 13.8. The molecule has 0 saturated carbocycles. The van der Waals surface area contributed by atoms with Gasteiger partial charge in [0.15, 0.2) is 11.3 Å². The van der Waals surface area contributed by atoms with Crippen LogP contribution in [0.5, 0.6) is 5.06 Å². The van der Waals surface area contributed by atoms with Gasteiger partial charge in [0.05, 0.1) is 35.4 Å². The van der Waals surface area contributed by atoms with E-state index >= 15 is 0 Å². The number of carbonyl (C=O) groups excluding carboxylic acids is 1. The van der Waals surface area contributed by atoms with Gasteiger partial charge in [-0.15, -0.1) is 34.0 Å². The van der Waals surface area contributed by atoms with Gasteiger partial charge in [0.25, 0.3) is 0 Å². The Labute approximate surface area is 430 Å². The van der Waals surface area contributed by atoms with Gasteiger partial charge in [-0.1, -0.05) is 168 Å². The van der Waals surface area contributed by atoms with Crippen LogP contribution in [-0.2, 0) is 25.7 Å². The minimum absolute atomic E-state index is 0.584. The molecule has 2 atom stereocenters. The maximum atomic E-state index is 12.8. The molecule has 0 aliphatic carbocycles. The number of thiophene rings is 4. The van der Waals surface area contributed by atoms with Gasteiger partial charge in [-0.25, -0.2) is 0 Å². The number of rotatable bonds is 30. The summed E-state index contributed by atoms with van der Waals surface area (Å²) in [6, 6.07) is 4.85. The third-order valence-electron chi connectivity index (χ3n) is 14.7. The van der Waals surface area contributed by atoms with E-state index in [0.717, 1.165) is 83.2 Å². The van der Waals surface area contributed by atoms with Crippen molar-refractivity contribution in [3.8, 4) is 24.6 Å². The molecule has 8 rings (SSSR count). The van der Waals surface area contributed by atoms with Crippen molar-refractivity contribution in [3.05, 3.63) is 39.3 Å². The fourth-order valence-electron chi connectivity index (χ4n) is 10.7. The fourth-order valence-corrected chi connectivity index (χ4v) is 16.9. The highest BCUT2D eigenvalue weighted by atomic mass is 32.1. The zero-order chi connectivity index (χ0) is 47.6. The minimum atomic E-state index is 0.584. The van der Waals surface area contributed by atoms with Crippen molar-refractivity contribution in [1.29, 1.82) is 0 Å². The second-order valence-electron chi connectivity index (χ2n) is 19.4. The Hall–Kier alpha value is -2.87. The van der Waals surface area contributed by atoms with E-state index in [4.69, 9.17) is 22.2 Å². The number of hydrogen-bond donors (Lipinski definition) is 0. The fraction of sp³-hybridized carbons (Fsp3) is 0.589. The summed E-state index contributed by atoms with van der Waals surface area (Å²) in [4.78, 5) is 18.9.